The molecule has 26 heavy (non-hydrogen) atoms. The molecule has 5 nitrogen and oxygen atoms in total. The van der Waals surface area contributed by atoms with E-state index < -0.39 is 45.2 Å². The van der Waals surface area contributed by atoms with Gasteiger partial charge in [0.05, 0.1) is 21.4 Å². The molecule has 1 N–H and O–H groups in total. The van der Waals surface area contributed by atoms with Crippen LogP contribution in [0, 0.1) is 10.7 Å². The Morgan fingerprint density at radius 3 is 1.69 bits per heavy atom. The number of alkyl halides is 6. The second kappa shape index (κ2) is 8.01. The number of rotatable bonds is 4. The highest BCUT2D eigenvalue weighted by Crippen LogP contribution is 2.44. The third-order valence-corrected chi connectivity index (χ3v) is 6.03. The standard InChI is InChI=1S/C11H6F6I3NO4S/c12-10(13,14)9(11(15,16)17,3-26(23,24)25)21-8(22)7-5(19)1-4(18)2-6(7)20/h1-2H,3H2,(H,21,22)(H,23,24,25)/p-1. The van der Waals surface area contributed by atoms with Crippen LogP contribution in [-0.4, -0.2) is 42.5 Å². The van der Waals surface area contributed by atoms with Gasteiger partial charge in [0.2, 0.25) is 5.54 Å². The van der Waals surface area contributed by atoms with Gasteiger partial charge in [0.1, 0.15) is 0 Å². The van der Waals surface area contributed by atoms with Crippen LogP contribution < -0.4 is 5.32 Å². The van der Waals surface area contributed by atoms with E-state index in [9.17, 15) is 44.1 Å². The van der Waals surface area contributed by atoms with E-state index in [0.717, 1.165) is 0 Å². The van der Waals surface area contributed by atoms with E-state index in [1.807, 2.05) is 22.6 Å². The van der Waals surface area contributed by atoms with Crippen LogP contribution in [0.4, 0.5) is 26.3 Å². The van der Waals surface area contributed by atoms with Crippen molar-refractivity contribution in [3.05, 3.63) is 28.4 Å². The molecule has 0 aliphatic rings. The van der Waals surface area contributed by atoms with Crippen molar-refractivity contribution in [3.63, 3.8) is 0 Å². The van der Waals surface area contributed by atoms with Crippen LogP contribution in [0.2, 0.25) is 0 Å². The minimum Gasteiger partial charge on any atom is -0.748 e. The Kier molecular flexibility index (Phi) is 7.52. The van der Waals surface area contributed by atoms with E-state index in [4.69, 9.17) is 0 Å². The Hall–Kier alpha value is 0.370. The van der Waals surface area contributed by atoms with Gasteiger partial charge in [-0.15, -0.1) is 0 Å². The fourth-order valence-corrected chi connectivity index (χ4v) is 6.79. The Labute approximate surface area is 183 Å². The smallest absolute Gasteiger partial charge is 0.421 e. The molecule has 0 saturated heterocycles. The molecule has 0 atom stereocenters. The van der Waals surface area contributed by atoms with Crippen LogP contribution in [0.15, 0.2) is 12.1 Å². The summed E-state index contributed by atoms with van der Waals surface area (Å²) < 4.78 is 112. The molecule has 148 valence electrons. The van der Waals surface area contributed by atoms with Crippen molar-refractivity contribution in [2.24, 2.45) is 0 Å². The number of nitrogens with one attached hydrogen (secondary N) is 1. The van der Waals surface area contributed by atoms with Crippen molar-refractivity contribution < 1.29 is 44.1 Å². The lowest BCUT2D eigenvalue weighted by atomic mass is 9.99. The Balaban J connectivity index is 3.59. The normalized spacial score (nSPS) is 13.6. The summed E-state index contributed by atoms with van der Waals surface area (Å²) in [6.07, 6.45) is -12.6. The van der Waals surface area contributed by atoms with Gasteiger partial charge in [-0.05, 0) is 79.9 Å². The summed E-state index contributed by atoms with van der Waals surface area (Å²) in [6, 6.07) is 2.65. The molecule has 1 amide bonds. The SMILES string of the molecule is O=C(NC(CS(=O)(=O)[O-])(C(F)(F)F)C(F)(F)F)c1c(I)cc(I)cc1I. The summed E-state index contributed by atoms with van der Waals surface area (Å²) in [4.78, 5) is 12.2. The number of halogens is 9. The van der Waals surface area contributed by atoms with Crippen LogP contribution >= 0.6 is 67.8 Å². The van der Waals surface area contributed by atoms with Crippen LogP contribution in [-0.2, 0) is 10.1 Å². The maximum absolute atomic E-state index is 13.2. The summed E-state index contributed by atoms with van der Waals surface area (Å²) >= 11 is 4.89. The number of hydrogen-bond donors (Lipinski definition) is 1. The summed E-state index contributed by atoms with van der Waals surface area (Å²) in [5.41, 5.74) is -5.75. The predicted octanol–water partition coefficient (Wildman–Crippen LogP) is 3.64. The third kappa shape index (κ3) is 5.46. The van der Waals surface area contributed by atoms with Gasteiger partial charge < -0.3 is 9.87 Å². The molecule has 0 bridgehead atoms. The molecular formula is C11H5F6I3NO4S-. The van der Waals surface area contributed by atoms with Crippen LogP contribution in [0.3, 0.4) is 0 Å². The molecule has 0 aromatic heterocycles. The van der Waals surface area contributed by atoms with Crippen molar-refractivity contribution in [1.82, 2.24) is 5.32 Å². The zero-order valence-corrected chi connectivity index (χ0v) is 19.1. The summed E-state index contributed by atoms with van der Waals surface area (Å²) in [5.74, 6) is -4.73. The van der Waals surface area contributed by atoms with E-state index in [1.165, 1.54) is 57.3 Å². The topological polar surface area (TPSA) is 86.3 Å². The molecule has 0 radical (unpaired) electrons. The molecule has 0 aliphatic heterocycles. The number of benzene rings is 1. The van der Waals surface area contributed by atoms with E-state index in [2.05, 4.69) is 0 Å². The second-order valence-electron chi connectivity index (χ2n) is 4.80. The van der Waals surface area contributed by atoms with E-state index in [-0.39, 0.29) is 7.14 Å². The minimum absolute atomic E-state index is 0.0413. The monoisotopic (exact) mass is 742 g/mol. The van der Waals surface area contributed by atoms with Gasteiger partial charge in [-0.3, -0.25) is 4.79 Å². The molecule has 0 unspecified atom stereocenters. The molecule has 0 heterocycles. The fraction of sp³-hybridized carbons (Fsp3) is 0.364. The van der Waals surface area contributed by atoms with Crippen LogP contribution in [0.5, 0.6) is 0 Å². The van der Waals surface area contributed by atoms with Gasteiger partial charge in [0.15, 0.2) is 0 Å². The average molecular weight is 742 g/mol. The number of carbonyl (C=O) groups is 1. The molecule has 1 rings (SSSR count). The predicted molar refractivity (Wildman–Crippen MR) is 101 cm³/mol. The van der Waals surface area contributed by atoms with Gasteiger partial charge in [-0.1, -0.05) is 0 Å². The Bertz CT molecular complexity index is 787. The molecule has 15 heteroatoms. The van der Waals surface area contributed by atoms with Gasteiger partial charge in [-0.25, -0.2) is 8.42 Å². The maximum Gasteiger partial charge on any atom is 0.421 e. The lowest BCUT2D eigenvalue weighted by Gasteiger charge is -2.38. The van der Waals surface area contributed by atoms with Crippen molar-refractivity contribution in [2.45, 2.75) is 17.9 Å². The second-order valence-corrected chi connectivity index (χ2v) is 9.78. The first kappa shape index (κ1) is 24.4. The minimum atomic E-state index is -6.29. The van der Waals surface area contributed by atoms with Crippen LogP contribution in [0.25, 0.3) is 0 Å². The van der Waals surface area contributed by atoms with E-state index >= 15 is 0 Å². The molecule has 1 aromatic carbocycles. The van der Waals surface area contributed by atoms with Gasteiger partial charge in [-0.2, -0.15) is 26.3 Å². The molecule has 0 spiro atoms. The first-order valence-corrected chi connectivity index (χ1v) is 10.8. The number of hydrogen-bond acceptors (Lipinski definition) is 4. The molecule has 0 saturated carbocycles. The summed E-state index contributed by atoms with van der Waals surface area (Å²) in [6.45, 7) is 0. The quantitative estimate of drug-likeness (QED) is 0.291. The van der Waals surface area contributed by atoms with Gasteiger partial charge >= 0.3 is 12.4 Å². The fourth-order valence-electron chi connectivity index (χ4n) is 1.78. The maximum atomic E-state index is 13.2. The molecule has 0 fully saturated rings. The zero-order valence-electron chi connectivity index (χ0n) is 11.8. The number of amides is 1. The van der Waals surface area contributed by atoms with Crippen molar-refractivity contribution in [3.8, 4) is 0 Å². The van der Waals surface area contributed by atoms with Crippen LogP contribution in [0.1, 0.15) is 10.4 Å². The van der Waals surface area contributed by atoms with Crippen molar-refractivity contribution >= 4 is 83.8 Å². The first-order valence-electron chi connectivity index (χ1n) is 5.95. The lowest BCUT2D eigenvalue weighted by Crippen LogP contribution is -2.70. The van der Waals surface area contributed by atoms with E-state index in [1.54, 1.807) is 0 Å². The Morgan fingerprint density at radius 2 is 1.38 bits per heavy atom. The highest BCUT2D eigenvalue weighted by molar-refractivity contribution is 14.1. The van der Waals surface area contributed by atoms with Crippen molar-refractivity contribution in [1.29, 1.82) is 0 Å². The Morgan fingerprint density at radius 1 is 1.00 bits per heavy atom. The third-order valence-electron chi connectivity index (χ3n) is 2.92. The average Bonchev–Trinajstić information content (AvgIpc) is 2.31. The zero-order chi connectivity index (χ0) is 20.7. The van der Waals surface area contributed by atoms with E-state index in [0.29, 0.717) is 8.89 Å². The van der Waals surface area contributed by atoms with Gasteiger partial charge in [0.25, 0.3) is 5.91 Å². The molecule has 0 aliphatic carbocycles. The molecule has 1 aromatic rings. The number of carbonyl (C=O) groups excluding carboxylic acids is 1. The first-order chi connectivity index (χ1) is 11.4. The largest absolute Gasteiger partial charge is 0.748 e. The molecular weight excluding hydrogens is 737 g/mol. The highest BCUT2D eigenvalue weighted by Gasteiger charge is 2.72. The summed E-state index contributed by atoms with van der Waals surface area (Å²) in [7, 11) is -6.01. The van der Waals surface area contributed by atoms with Crippen molar-refractivity contribution in [2.75, 3.05) is 5.75 Å². The highest BCUT2D eigenvalue weighted by atomic mass is 127. The summed E-state index contributed by atoms with van der Waals surface area (Å²) in [5, 5.41) is 0.704. The lowest BCUT2D eigenvalue weighted by molar-refractivity contribution is -0.296. The van der Waals surface area contributed by atoms with Gasteiger partial charge in [0, 0.05) is 10.7 Å².